The Balaban J connectivity index is 2.38. The van der Waals surface area contributed by atoms with Crippen molar-refractivity contribution >= 4 is 28.5 Å². The summed E-state index contributed by atoms with van der Waals surface area (Å²) in [6.07, 6.45) is 2.06. The van der Waals surface area contributed by atoms with Crippen LogP contribution in [0.2, 0.25) is 5.02 Å². The summed E-state index contributed by atoms with van der Waals surface area (Å²) in [5.74, 6) is -0.646. The first-order chi connectivity index (χ1) is 8.08. The molecular formula is C13H11ClO3. The van der Waals surface area contributed by atoms with Crippen LogP contribution in [0.1, 0.15) is 40.4 Å². The fourth-order valence-corrected chi connectivity index (χ4v) is 2.56. The molecule has 1 aromatic carbocycles. The molecule has 0 saturated heterocycles. The molecule has 88 valence electrons. The van der Waals surface area contributed by atoms with Gasteiger partial charge in [-0.05, 0) is 43.4 Å². The average Bonchev–Trinajstić information content (AvgIpc) is 2.99. The number of carboxylic acid groups (broad SMARTS) is 1. The van der Waals surface area contributed by atoms with Gasteiger partial charge in [-0.3, -0.25) is 0 Å². The zero-order valence-electron chi connectivity index (χ0n) is 9.29. The lowest BCUT2D eigenvalue weighted by Crippen LogP contribution is -1.97. The zero-order chi connectivity index (χ0) is 12.2. The molecular weight excluding hydrogens is 240 g/mol. The third-order valence-corrected chi connectivity index (χ3v) is 3.39. The number of rotatable bonds is 2. The van der Waals surface area contributed by atoms with E-state index < -0.39 is 5.97 Å². The second kappa shape index (κ2) is 3.50. The van der Waals surface area contributed by atoms with E-state index in [1.54, 1.807) is 6.07 Å². The van der Waals surface area contributed by atoms with Crippen LogP contribution in [0, 0.1) is 6.92 Å². The smallest absolute Gasteiger partial charge is 0.372 e. The van der Waals surface area contributed by atoms with Crippen molar-refractivity contribution in [2.24, 2.45) is 0 Å². The number of halogens is 1. The van der Waals surface area contributed by atoms with Gasteiger partial charge in [0.05, 0.1) is 5.02 Å². The van der Waals surface area contributed by atoms with Crippen LogP contribution in [-0.4, -0.2) is 11.1 Å². The van der Waals surface area contributed by atoms with Gasteiger partial charge in [0.1, 0.15) is 0 Å². The van der Waals surface area contributed by atoms with Gasteiger partial charge in [0.25, 0.3) is 0 Å². The van der Waals surface area contributed by atoms with Crippen LogP contribution < -0.4 is 0 Å². The quantitative estimate of drug-likeness (QED) is 0.877. The number of hydrogen-bond acceptors (Lipinski definition) is 2. The Labute approximate surface area is 103 Å². The summed E-state index contributed by atoms with van der Waals surface area (Å²) < 4.78 is 5.42. The van der Waals surface area contributed by atoms with Crippen molar-refractivity contribution in [3.8, 4) is 0 Å². The molecule has 0 aliphatic heterocycles. The van der Waals surface area contributed by atoms with Crippen molar-refractivity contribution in [3.05, 3.63) is 34.0 Å². The summed E-state index contributed by atoms with van der Waals surface area (Å²) in [5, 5.41) is 10.5. The number of carboxylic acids is 1. The second-order valence-corrected chi connectivity index (χ2v) is 4.95. The normalized spacial score (nSPS) is 15.4. The molecule has 0 unspecified atom stereocenters. The van der Waals surface area contributed by atoms with E-state index in [9.17, 15) is 4.79 Å². The first-order valence-electron chi connectivity index (χ1n) is 5.53. The molecule has 0 bridgehead atoms. The number of carbonyl (C=O) groups is 1. The van der Waals surface area contributed by atoms with Crippen molar-refractivity contribution in [2.75, 3.05) is 0 Å². The molecule has 1 saturated carbocycles. The van der Waals surface area contributed by atoms with Crippen molar-refractivity contribution < 1.29 is 14.3 Å². The number of benzene rings is 1. The molecule has 0 atom stereocenters. The second-order valence-electron chi connectivity index (χ2n) is 4.55. The van der Waals surface area contributed by atoms with Gasteiger partial charge in [0, 0.05) is 10.9 Å². The van der Waals surface area contributed by atoms with E-state index in [1.165, 1.54) is 0 Å². The van der Waals surface area contributed by atoms with Gasteiger partial charge in [-0.1, -0.05) is 11.6 Å². The first-order valence-corrected chi connectivity index (χ1v) is 5.91. The standard InChI is InChI=1S/C13H11ClO3/c1-6-4-8-10(7-2-3-7)12(13(15)16)17-11(8)9(14)5-6/h4-5,7H,2-3H2,1H3,(H,15,16). The van der Waals surface area contributed by atoms with Gasteiger partial charge in [0.15, 0.2) is 5.58 Å². The average molecular weight is 251 g/mol. The largest absolute Gasteiger partial charge is 0.475 e. The third kappa shape index (κ3) is 1.62. The molecule has 4 heteroatoms. The monoisotopic (exact) mass is 250 g/mol. The predicted molar refractivity (Wildman–Crippen MR) is 64.9 cm³/mol. The molecule has 0 amide bonds. The van der Waals surface area contributed by atoms with E-state index in [1.807, 2.05) is 13.0 Å². The first kappa shape index (κ1) is 10.7. The number of fused-ring (bicyclic) bond motifs is 1. The lowest BCUT2D eigenvalue weighted by Gasteiger charge is -1.98. The molecule has 1 aromatic heterocycles. The Hall–Kier alpha value is -1.48. The lowest BCUT2D eigenvalue weighted by molar-refractivity contribution is 0.0663. The molecule has 3 rings (SSSR count). The molecule has 0 spiro atoms. The highest BCUT2D eigenvalue weighted by Gasteiger charge is 2.33. The highest BCUT2D eigenvalue weighted by Crippen LogP contribution is 2.47. The fourth-order valence-electron chi connectivity index (χ4n) is 2.25. The van der Waals surface area contributed by atoms with Gasteiger partial charge in [0.2, 0.25) is 5.76 Å². The molecule has 1 heterocycles. The molecule has 1 aliphatic carbocycles. The minimum absolute atomic E-state index is 0.0509. The molecule has 3 nitrogen and oxygen atoms in total. The maximum atomic E-state index is 11.2. The summed E-state index contributed by atoms with van der Waals surface area (Å²) in [4.78, 5) is 11.2. The lowest BCUT2D eigenvalue weighted by atomic mass is 10.0. The van der Waals surface area contributed by atoms with Crippen LogP contribution in [0.3, 0.4) is 0 Å². The Morgan fingerprint density at radius 1 is 1.47 bits per heavy atom. The number of furan rings is 1. The number of hydrogen-bond donors (Lipinski definition) is 1. The van der Waals surface area contributed by atoms with E-state index >= 15 is 0 Å². The third-order valence-electron chi connectivity index (χ3n) is 3.11. The maximum absolute atomic E-state index is 11.2. The molecule has 1 aliphatic rings. The maximum Gasteiger partial charge on any atom is 0.372 e. The molecule has 2 aromatic rings. The molecule has 1 fully saturated rings. The summed E-state index contributed by atoms with van der Waals surface area (Å²) in [6, 6.07) is 3.74. The van der Waals surface area contributed by atoms with Crippen molar-refractivity contribution in [2.45, 2.75) is 25.7 Å². The minimum atomic E-state index is -1.02. The van der Waals surface area contributed by atoms with Gasteiger partial charge in [-0.25, -0.2) is 4.79 Å². The predicted octanol–water partition coefficient (Wildman–Crippen LogP) is 3.97. The van der Waals surface area contributed by atoms with Crippen LogP contribution >= 0.6 is 11.6 Å². The van der Waals surface area contributed by atoms with E-state index in [-0.39, 0.29) is 5.76 Å². The van der Waals surface area contributed by atoms with Crippen LogP contribution in [0.25, 0.3) is 11.0 Å². The SMILES string of the molecule is Cc1cc(Cl)c2oc(C(=O)O)c(C3CC3)c2c1. The van der Waals surface area contributed by atoms with Crippen LogP contribution in [-0.2, 0) is 0 Å². The van der Waals surface area contributed by atoms with E-state index in [0.717, 1.165) is 29.4 Å². The van der Waals surface area contributed by atoms with E-state index in [2.05, 4.69) is 0 Å². The van der Waals surface area contributed by atoms with E-state index in [4.69, 9.17) is 21.1 Å². The van der Waals surface area contributed by atoms with Crippen LogP contribution in [0.15, 0.2) is 16.5 Å². The minimum Gasteiger partial charge on any atom is -0.475 e. The van der Waals surface area contributed by atoms with Crippen molar-refractivity contribution in [3.63, 3.8) is 0 Å². The molecule has 17 heavy (non-hydrogen) atoms. The highest BCUT2D eigenvalue weighted by atomic mass is 35.5. The topological polar surface area (TPSA) is 50.4 Å². The van der Waals surface area contributed by atoms with E-state index in [0.29, 0.717) is 16.5 Å². The Morgan fingerprint density at radius 2 is 2.18 bits per heavy atom. The van der Waals surface area contributed by atoms with Gasteiger partial charge < -0.3 is 9.52 Å². The zero-order valence-corrected chi connectivity index (χ0v) is 10.0. The van der Waals surface area contributed by atoms with Crippen molar-refractivity contribution in [1.29, 1.82) is 0 Å². The Morgan fingerprint density at radius 3 is 2.76 bits per heavy atom. The Kier molecular flexibility index (Phi) is 2.20. The van der Waals surface area contributed by atoms with Gasteiger partial charge in [-0.15, -0.1) is 0 Å². The number of aryl methyl sites for hydroxylation is 1. The van der Waals surface area contributed by atoms with Gasteiger partial charge in [-0.2, -0.15) is 0 Å². The summed E-state index contributed by atoms with van der Waals surface area (Å²) in [7, 11) is 0. The van der Waals surface area contributed by atoms with Crippen molar-refractivity contribution in [1.82, 2.24) is 0 Å². The molecule has 0 radical (unpaired) electrons. The van der Waals surface area contributed by atoms with Gasteiger partial charge >= 0.3 is 5.97 Å². The van der Waals surface area contributed by atoms with Crippen LogP contribution in [0.5, 0.6) is 0 Å². The number of aromatic carboxylic acids is 1. The fraction of sp³-hybridized carbons (Fsp3) is 0.308. The Bertz CT molecular complexity index is 623. The summed E-state index contributed by atoms with van der Waals surface area (Å²) in [5.41, 5.74) is 2.33. The highest BCUT2D eigenvalue weighted by molar-refractivity contribution is 6.35. The summed E-state index contributed by atoms with van der Waals surface area (Å²) >= 11 is 6.09. The van der Waals surface area contributed by atoms with Crippen LogP contribution in [0.4, 0.5) is 0 Å². The molecule has 1 N–H and O–H groups in total. The summed E-state index contributed by atoms with van der Waals surface area (Å²) in [6.45, 7) is 1.94.